The zero-order valence-electron chi connectivity index (χ0n) is 14.8. The fourth-order valence-corrected chi connectivity index (χ4v) is 2.34. The van der Waals surface area contributed by atoms with Crippen molar-refractivity contribution in [1.29, 1.82) is 0 Å². The van der Waals surface area contributed by atoms with E-state index in [9.17, 15) is 14.0 Å². The molecule has 0 aliphatic carbocycles. The van der Waals surface area contributed by atoms with Gasteiger partial charge >= 0.3 is 5.97 Å². The summed E-state index contributed by atoms with van der Waals surface area (Å²) < 4.78 is 19.9. The number of carbonyl (C=O) groups is 2. The van der Waals surface area contributed by atoms with Gasteiger partial charge in [0.05, 0.1) is 12.3 Å². The highest BCUT2D eigenvalue weighted by Crippen LogP contribution is 2.18. The van der Waals surface area contributed by atoms with Crippen molar-refractivity contribution < 1.29 is 23.8 Å². The number of carboxylic acids is 1. The molecule has 8 nitrogen and oxygen atoms in total. The molecule has 0 radical (unpaired) electrons. The van der Waals surface area contributed by atoms with Gasteiger partial charge in [0.25, 0.3) is 5.91 Å². The topological polar surface area (TPSA) is 97.5 Å². The van der Waals surface area contributed by atoms with E-state index in [1.165, 1.54) is 30.0 Å². The molecule has 0 fully saturated rings. The predicted octanol–water partition coefficient (Wildman–Crippen LogP) is 1.70. The fraction of sp³-hybridized carbons (Fsp3) is 0.412. The number of carbonyl (C=O) groups excluding carboxylic acids is 1. The highest BCUT2D eigenvalue weighted by Gasteiger charge is 2.25. The molecule has 1 aromatic heterocycles. The molecule has 26 heavy (non-hydrogen) atoms. The Labute approximate surface area is 150 Å². The average molecular weight is 364 g/mol. The zero-order chi connectivity index (χ0) is 19.3. The molecule has 140 valence electrons. The second-order valence-corrected chi connectivity index (χ2v) is 5.95. The van der Waals surface area contributed by atoms with Crippen molar-refractivity contribution in [3.8, 4) is 5.69 Å². The number of amides is 1. The van der Waals surface area contributed by atoms with Crippen molar-refractivity contribution in [3.05, 3.63) is 41.7 Å². The summed E-state index contributed by atoms with van der Waals surface area (Å²) in [5.74, 6) is -1.96. The van der Waals surface area contributed by atoms with Gasteiger partial charge in [-0.25, -0.2) is 14.1 Å². The van der Waals surface area contributed by atoms with E-state index in [2.05, 4.69) is 10.1 Å². The summed E-state index contributed by atoms with van der Waals surface area (Å²) >= 11 is 0. The van der Waals surface area contributed by atoms with Gasteiger partial charge in [-0.1, -0.05) is 19.9 Å². The Bertz CT molecular complexity index is 791. The minimum atomic E-state index is -1.15. The number of benzene rings is 1. The van der Waals surface area contributed by atoms with E-state index in [-0.39, 0.29) is 24.9 Å². The monoisotopic (exact) mass is 364 g/mol. The van der Waals surface area contributed by atoms with Crippen LogP contribution in [0.3, 0.4) is 0 Å². The summed E-state index contributed by atoms with van der Waals surface area (Å²) in [5.41, 5.74) is 0.432. The van der Waals surface area contributed by atoms with Crippen molar-refractivity contribution in [1.82, 2.24) is 19.7 Å². The fourth-order valence-electron chi connectivity index (χ4n) is 2.34. The van der Waals surface area contributed by atoms with Crippen LogP contribution in [0.15, 0.2) is 24.3 Å². The summed E-state index contributed by atoms with van der Waals surface area (Å²) in [4.78, 5) is 29.0. The van der Waals surface area contributed by atoms with Crippen LogP contribution in [-0.4, -0.2) is 63.5 Å². The third-order valence-corrected chi connectivity index (χ3v) is 3.57. The van der Waals surface area contributed by atoms with Gasteiger partial charge in [-0.05, 0) is 18.2 Å². The molecule has 9 heteroatoms. The smallest absolute Gasteiger partial charge is 0.323 e. The van der Waals surface area contributed by atoms with Crippen molar-refractivity contribution in [3.63, 3.8) is 0 Å². The maximum atomic E-state index is 13.5. The number of aromatic nitrogens is 3. The molecule has 0 spiro atoms. The van der Waals surface area contributed by atoms with E-state index < -0.39 is 24.2 Å². The van der Waals surface area contributed by atoms with Gasteiger partial charge in [0, 0.05) is 19.6 Å². The maximum Gasteiger partial charge on any atom is 0.323 e. The highest BCUT2D eigenvalue weighted by atomic mass is 19.1. The molecule has 2 rings (SSSR count). The summed E-state index contributed by atoms with van der Waals surface area (Å²) in [7, 11) is 1.46. The molecule has 1 amide bonds. The molecule has 0 saturated heterocycles. The number of hydrogen-bond acceptors (Lipinski definition) is 5. The SMILES string of the molecule is COCCN(CC(=O)O)C(=O)c1nc(C(C)C)n(-c2cccc(F)c2)n1. The molecule has 0 aliphatic heterocycles. The van der Waals surface area contributed by atoms with Crippen molar-refractivity contribution in [2.24, 2.45) is 0 Å². The molecule has 0 saturated carbocycles. The average Bonchev–Trinajstić information content (AvgIpc) is 3.03. The molecular formula is C17H21FN4O4. The van der Waals surface area contributed by atoms with Crippen LogP contribution in [0.4, 0.5) is 4.39 Å². The number of nitrogens with zero attached hydrogens (tertiary/aromatic N) is 4. The van der Waals surface area contributed by atoms with E-state index in [4.69, 9.17) is 9.84 Å². The Morgan fingerprint density at radius 3 is 2.69 bits per heavy atom. The van der Waals surface area contributed by atoms with Crippen molar-refractivity contribution in [2.45, 2.75) is 19.8 Å². The van der Waals surface area contributed by atoms with E-state index in [0.29, 0.717) is 11.5 Å². The molecule has 2 aromatic rings. The van der Waals surface area contributed by atoms with Gasteiger partial charge in [0.2, 0.25) is 5.82 Å². The summed E-state index contributed by atoms with van der Waals surface area (Å²) in [6, 6.07) is 5.78. The first kappa shape index (κ1) is 19.5. The largest absolute Gasteiger partial charge is 0.480 e. The normalized spacial score (nSPS) is 11.0. The number of ether oxygens (including phenoxy) is 1. The molecule has 1 N–H and O–H groups in total. The lowest BCUT2D eigenvalue weighted by Gasteiger charge is -2.18. The Morgan fingerprint density at radius 1 is 1.38 bits per heavy atom. The van der Waals surface area contributed by atoms with Crippen LogP contribution >= 0.6 is 0 Å². The lowest BCUT2D eigenvalue weighted by atomic mass is 10.2. The number of aliphatic carboxylic acids is 1. The molecule has 0 unspecified atom stereocenters. The molecule has 0 bridgehead atoms. The minimum absolute atomic E-state index is 0.0841. The summed E-state index contributed by atoms with van der Waals surface area (Å²) in [6.07, 6.45) is 0. The molecular weight excluding hydrogens is 343 g/mol. The lowest BCUT2D eigenvalue weighted by Crippen LogP contribution is -2.38. The quantitative estimate of drug-likeness (QED) is 0.766. The van der Waals surface area contributed by atoms with Gasteiger partial charge < -0.3 is 14.7 Å². The van der Waals surface area contributed by atoms with Crippen LogP contribution in [0, 0.1) is 5.82 Å². The number of methoxy groups -OCH3 is 1. The summed E-state index contributed by atoms with van der Waals surface area (Å²) in [5, 5.41) is 13.2. The van der Waals surface area contributed by atoms with E-state index in [0.717, 1.165) is 4.90 Å². The zero-order valence-corrected chi connectivity index (χ0v) is 14.8. The highest BCUT2D eigenvalue weighted by molar-refractivity contribution is 5.92. The first-order valence-electron chi connectivity index (χ1n) is 8.06. The third-order valence-electron chi connectivity index (χ3n) is 3.57. The van der Waals surface area contributed by atoms with Crippen LogP contribution in [0.2, 0.25) is 0 Å². The van der Waals surface area contributed by atoms with Crippen LogP contribution in [0.1, 0.15) is 36.2 Å². The molecule has 0 aliphatic rings. The van der Waals surface area contributed by atoms with Crippen LogP contribution < -0.4 is 0 Å². The van der Waals surface area contributed by atoms with Crippen molar-refractivity contribution in [2.75, 3.05) is 26.8 Å². The Balaban J connectivity index is 2.41. The van der Waals surface area contributed by atoms with E-state index in [1.54, 1.807) is 6.07 Å². The minimum Gasteiger partial charge on any atom is -0.480 e. The van der Waals surface area contributed by atoms with Crippen molar-refractivity contribution >= 4 is 11.9 Å². The lowest BCUT2D eigenvalue weighted by molar-refractivity contribution is -0.137. The van der Waals surface area contributed by atoms with Gasteiger partial charge in [-0.15, -0.1) is 5.10 Å². The molecule has 1 heterocycles. The standard InChI is InChI=1S/C17H21FN4O4/c1-11(2)16-19-15(17(25)21(7-8-26-3)10-14(23)24)20-22(16)13-6-4-5-12(18)9-13/h4-6,9,11H,7-8,10H2,1-3H3,(H,23,24). The first-order chi connectivity index (χ1) is 12.3. The Kier molecular flexibility index (Phi) is 6.40. The second-order valence-electron chi connectivity index (χ2n) is 5.95. The van der Waals surface area contributed by atoms with Crippen LogP contribution in [-0.2, 0) is 9.53 Å². The summed E-state index contributed by atoms with van der Waals surface area (Å²) in [6.45, 7) is 3.52. The van der Waals surface area contributed by atoms with Gasteiger partial charge in [-0.3, -0.25) is 9.59 Å². The first-order valence-corrected chi connectivity index (χ1v) is 8.06. The predicted molar refractivity (Wildman–Crippen MR) is 90.8 cm³/mol. The molecule has 1 aromatic carbocycles. The number of hydrogen-bond donors (Lipinski definition) is 1. The number of rotatable bonds is 8. The van der Waals surface area contributed by atoms with Gasteiger partial charge in [-0.2, -0.15) is 0 Å². The molecule has 0 atom stereocenters. The van der Waals surface area contributed by atoms with Crippen LogP contribution in [0.25, 0.3) is 5.69 Å². The van der Waals surface area contributed by atoms with E-state index in [1.807, 2.05) is 13.8 Å². The maximum absolute atomic E-state index is 13.5. The van der Waals surface area contributed by atoms with Crippen LogP contribution in [0.5, 0.6) is 0 Å². The van der Waals surface area contributed by atoms with Gasteiger partial charge in [0.1, 0.15) is 18.2 Å². The van der Waals surface area contributed by atoms with E-state index >= 15 is 0 Å². The third kappa shape index (κ3) is 4.63. The Morgan fingerprint density at radius 2 is 2.12 bits per heavy atom. The van der Waals surface area contributed by atoms with Gasteiger partial charge in [0.15, 0.2) is 0 Å². The Hall–Kier alpha value is -2.81. The second kappa shape index (κ2) is 8.52. The number of halogens is 1. The number of carboxylic acid groups (broad SMARTS) is 1.